The summed E-state index contributed by atoms with van der Waals surface area (Å²) in [6, 6.07) is 18.7. The molecule has 6 rings (SSSR count). The molecule has 1 unspecified atom stereocenters. The standard InChI is InChI=1S/C28H19Cl2N5O3S2/c1-15-22(34-13-5-4-8-20(34)31-15)24(36)21-23(16-9-11-18(29)12-10-16)35(26(38)25(21)37)27-32-33-28(40-27)39-14-17-6-2-3-7-19(17)30/h2-13,23,36H,14H2,1H3. The molecule has 4 heterocycles. The summed E-state index contributed by atoms with van der Waals surface area (Å²) in [6.07, 6.45) is 1.74. The maximum absolute atomic E-state index is 13.6. The van der Waals surface area contributed by atoms with E-state index in [2.05, 4.69) is 15.2 Å². The highest BCUT2D eigenvalue weighted by molar-refractivity contribution is 8.00. The summed E-state index contributed by atoms with van der Waals surface area (Å²) in [6.45, 7) is 1.74. The molecule has 0 bridgehead atoms. The van der Waals surface area contributed by atoms with Crippen LogP contribution in [0, 0.1) is 6.92 Å². The van der Waals surface area contributed by atoms with Crippen LogP contribution in [0.3, 0.4) is 0 Å². The van der Waals surface area contributed by atoms with Gasteiger partial charge in [-0.15, -0.1) is 10.2 Å². The number of amides is 1. The number of aliphatic hydroxyl groups excluding tert-OH is 1. The van der Waals surface area contributed by atoms with E-state index in [1.165, 1.54) is 28.0 Å². The van der Waals surface area contributed by atoms with Crippen LogP contribution < -0.4 is 4.90 Å². The van der Waals surface area contributed by atoms with E-state index in [4.69, 9.17) is 23.2 Å². The third-order valence-electron chi connectivity index (χ3n) is 6.47. The molecule has 0 saturated carbocycles. The van der Waals surface area contributed by atoms with E-state index < -0.39 is 17.7 Å². The van der Waals surface area contributed by atoms with Crippen molar-refractivity contribution in [2.24, 2.45) is 0 Å². The number of thioether (sulfide) groups is 1. The number of imidazole rings is 1. The zero-order valence-electron chi connectivity index (χ0n) is 20.8. The first kappa shape index (κ1) is 26.5. The first-order valence-electron chi connectivity index (χ1n) is 12.0. The van der Waals surface area contributed by atoms with Crippen LogP contribution in [0.15, 0.2) is 82.8 Å². The van der Waals surface area contributed by atoms with Crippen molar-refractivity contribution >= 4 is 74.5 Å². The Morgan fingerprint density at radius 1 is 1.02 bits per heavy atom. The molecule has 1 aliphatic heterocycles. The second-order valence-electron chi connectivity index (χ2n) is 8.93. The fraction of sp³-hybridized carbons (Fsp3) is 0.107. The molecular weight excluding hydrogens is 589 g/mol. The lowest BCUT2D eigenvalue weighted by Gasteiger charge is -2.22. The Labute approximate surface area is 246 Å². The minimum Gasteiger partial charge on any atom is -0.505 e. The number of carbonyl (C=O) groups is 2. The number of Topliss-reactive ketones (excluding diaryl/α,β-unsaturated/α-hetero) is 1. The van der Waals surface area contributed by atoms with Crippen molar-refractivity contribution < 1.29 is 14.7 Å². The number of ketones is 1. The summed E-state index contributed by atoms with van der Waals surface area (Å²) in [5.41, 5.74) is 2.90. The largest absolute Gasteiger partial charge is 0.505 e. The Balaban J connectivity index is 1.44. The predicted octanol–water partition coefficient (Wildman–Crippen LogP) is 6.72. The van der Waals surface area contributed by atoms with E-state index >= 15 is 0 Å². The molecule has 1 amide bonds. The smallest absolute Gasteiger partial charge is 0.301 e. The van der Waals surface area contributed by atoms with E-state index in [1.807, 2.05) is 30.3 Å². The fourth-order valence-corrected chi connectivity index (χ4v) is 6.91. The molecule has 1 N–H and O–H groups in total. The van der Waals surface area contributed by atoms with Crippen molar-refractivity contribution in [3.63, 3.8) is 0 Å². The number of hydrogen-bond donors (Lipinski definition) is 1. The van der Waals surface area contributed by atoms with E-state index in [-0.39, 0.29) is 16.5 Å². The van der Waals surface area contributed by atoms with Gasteiger partial charge >= 0.3 is 5.91 Å². The van der Waals surface area contributed by atoms with Gasteiger partial charge in [-0.1, -0.05) is 82.7 Å². The van der Waals surface area contributed by atoms with Crippen LogP contribution in [-0.4, -0.2) is 36.4 Å². The normalized spacial score (nSPS) is 16.8. The number of carbonyl (C=O) groups excluding carboxylic acids is 2. The minimum absolute atomic E-state index is 0.0680. The number of aryl methyl sites for hydroxylation is 1. The molecule has 0 radical (unpaired) electrons. The highest BCUT2D eigenvalue weighted by Crippen LogP contribution is 2.44. The molecule has 12 heteroatoms. The summed E-state index contributed by atoms with van der Waals surface area (Å²) >= 11 is 15.0. The van der Waals surface area contributed by atoms with Gasteiger partial charge in [0.1, 0.15) is 11.3 Å². The maximum atomic E-state index is 13.6. The quantitative estimate of drug-likeness (QED) is 0.0751. The van der Waals surface area contributed by atoms with Crippen molar-refractivity contribution in [3.05, 3.63) is 111 Å². The van der Waals surface area contributed by atoms with Gasteiger partial charge in [0.25, 0.3) is 5.78 Å². The van der Waals surface area contributed by atoms with E-state index in [0.29, 0.717) is 42.7 Å². The average molecular weight is 609 g/mol. The Morgan fingerprint density at radius 3 is 2.55 bits per heavy atom. The number of anilines is 1. The molecule has 1 aliphatic rings. The molecule has 8 nitrogen and oxygen atoms in total. The van der Waals surface area contributed by atoms with Crippen molar-refractivity contribution in [3.8, 4) is 0 Å². The van der Waals surface area contributed by atoms with Crippen LogP contribution >= 0.6 is 46.3 Å². The second kappa shape index (κ2) is 10.7. The lowest BCUT2D eigenvalue weighted by molar-refractivity contribution is -0.132. The first-order chi connectivity index (χ1) is 19.3. The highest BCUT2D eigenvalue weighted by atomic mass is 35.5. The second-order valence-corrected chi connectivity index (χ2v) is 11.9. The number of hydrogen-bond acceptors (Lipinski definition) is 8. The number of halogens is 2. The Hall–Kier alpha value is -3.70. The van der Waals surface area contributed by atoms with Gasteiger partial charge in [-0.3, -0.25) is 18.9 Å². The monoisotopic (exact) mass is 607 g/mol. The summed E-state index contributed by atoms with van der Waals surface area (Å²) in [4.78, 5) is 32.9. The van der Waals surface area contributed by atoms with E-state index in [0.717, 1.165) is 5.56 Å². The predicted molar refractivity (Wildman–Crippen MR) is 157 cm³/mol. The van der Waals surface area contributed by atoms with Crippen molar-refractivity contribution in [2.75, 3.05) is 4.90 Å². The van der Waals surface area contributed by atoms with Gasteiger partial charge < -0.3 is 5.11 Å². The molecule has 2 aromatic carbocycles. The maximum Gasteiger partial charge on any atom is 0.301 e. The van der Waals surface area contributed by atoms with E-state index in [9.17, 15) is 14.7 Å². The van der Waals surface area contributed by atoms with Gasteiger partial charge in [0.05, 0.1) is 17.3 Å². The summed E-state index contributed by atoms with van der Waals surface area (Å²) in [7, 11) is 0. The Kier molecular flexibility index (Phi) is 7.09. The molecule has 200 valence electrons. The van der Waals surface area contributed by atoms with Gasteiger partial charge in [0, 0.05) is 22.0 Å². The number of rotatable bonds is 6. The number of aliphatic hydroxyl groups is 1. The fourth-order valence-electron chi connectivity index (χ4n) is 4.63. The summed E-state index contributed by atoms with van der Waals surface area (Å²) in [5.74, 6) is -1.41. The van der Waals surface area contributed by atoms with Crippen LogP contribution in [0.1, 0.15) is 28.6 Å². The number of pyridine rings is 1. The SMILES string of the molecule is Cc1nc2ccccn2c1C(O)=C1C(=O)C(=O)N(c2nnc(SCc3ccccc3Cl)s2)C1c1ccc(Cl)cc1. The molecule has 1 atom stereocenters. The average Bonchev–Trinajstić information content (AvgIpc) is 3.62. The summed E-state index contributed by atoms with van der Waals surface area (Å²) in [5, 5.41) is 21.5. The minimum atomic E-state index is -0.958. The molecule has 1 fully saturated rings. The van der Waals surface area contributed by atoms with Gasteiger partial charge in [0.15, 0.2) is 10.1 Å². The molecule has 0 spiro atoms. The number of aromatic nitrogens is 4. The number of fused-ring (bicyclic) bond motifs is 1. The summed E-state index contributed by atoms with van der Waals surface area (Å²) < 4.78 is 2.29. The lowest BCUT2D eigenvalue weighted by atomic mass is 9.96. The van der Waals surface area contributed by atoms with Gasteiger partial charge in [-0.2, -0.15) is 0 Å². The van der Waals surface area contributed by atoms with E-state index in [1.54, 1.807) is 53.9 Å². The third-order valence-corrected chi connectivity index (χ3v) is 9.19. The Bertz CT molecular complexity index is 1820. The molecule has 5 aromatic rings. The van der Waals surface area contributed by atoms with Crippen LogP contribution in [0.4, 0.5) is 5.13 Å². The topological polar surface area (TPSA) is 101 Å². The third kappa shape index (κ3) is 4.66. The lowest BCUT2D eigenvalue weighted by Crippen LogP contribution is -2.29. The van der Waals surface area contributed by atoms with Crippen LogP contribution in [0.25, 0.3) is 11.4 Å². The zero-order valence-corrected chi connectivity index (χ0v) is 23.9. The number of benzene rings is 2. The van der Waals surface area contributed by atoms with Crippen LogP contribution in [-0.2, 0) is 15.3 Å². The number of nitrogens with zero attached hydrogens (tertiary/aromatic N) is 5. The highest BCUT2D eigenvalue weighted by Gasteiger charge is 2.48. The molecule has 3 aromatic heterocycles. The van der Waals surface area contributed by atoms with Gasteiger partial charge in [0.2, 0.25) is 5.13 Å². The zero-order chi connectivity index (χ0) is 28.0. The van der Waals surface area contributed by atoms with Crippen molar-refractivity contribution in [1.29, 1.82) is 0 Å². The molecular formula is C28H19Cl2N5O3S2. The van der Waals surface area contributed by atoms with Crippen molar-refractivity contribution in [2.45, 2.75) is 23.1 Å². The van der Waals surface area contributed by atoms with Crippen LogP contribution in [0.5, 0.6) is 0 Å². The molecule has 1 saturated heterocycles. The van der Waals surface area contributed by atoms with Gasteiger partial charge in [-0.05, 0) is 48.4 Å². The van der Waals surface area contributed by atoms with Gasteiger partial charge in [-0.25, -0.2) is 4.98 Å². The van der Waals surface area contributed by atoms with Crippen molar-refractivity contribution in [1.82, 2.24) is 19.6 Å². The first-order valence-corrected chi connectivity index (χ1v) is 14.6. The molecule has 40 heavy (non-hydrogen) atoms. The Morgan fingerprint density at radius 2 is 1.77 bits per heavy atom. The van der Waals surface area contributed by atoms with Crippen LogP contribution in [0.2, 0.25) is 10.0 Å². The molecule has 0 aliphatic carbocycles.